The van der Waals surface area contributed by atoms with E-state index in [9.17, 15) is 5.11 Å². The molecule has 1 N–H and O–H groups in total. The van der Waals surface area contributed by atoms with E-state index < -0.39 is 0 Å². The Kier molecular flexibility index (Phi) is 3.10. The first-order valence-corrected chi connectivity index (χ1v) is 6.21. The fourth-order valence-corrected chi connectivity index (χ4v) is 2.42. The van der Waals surface area contributed by atoms with Gasteiger partial charge in [0, 0.05) is 11.0 Å². The van der Waals surface area contributed by atoms with Gasteiger partial charge < -0.3 is 5.11 Å². The monoisotopic (exact) mass is 228 g/mol. The number of rotatable bonds is 2. The van der Waals surface area contributed by atoms with Crippen molar-refractivity contribution in [3.05, 3.63) is 53.6 Å². The lowest BCUT2D eigenvalue weighted by molar-refractivity contribution is 0.440. The summed E-state index contributed by atoms with van der Waals surface area (Å²) in [5, 5.41) is 10.4. The van der Waals surface area contributed by atoms with Gasteiger partial charge in [0.25, 0.3) is 0 Å². The zero-order valence-electron chi connectivity index (χ0n) is 10.8. The Morgan fingerprint density at radius 3 is 2.59 bits per heavy atom. The first-order chi connectivity index (χ1) is 8.04. The molecule has 0 aliphatic heterocycles. The highest BCUT2D eigenvalue weighted by molar-refractivity contribution is 5.49. The lowest BCUT2D eigenvalue weighted by Gasteiger charge is -2.29. The van der Waals surface area contributed by atoms with Gasteiger partial charge in [0.15, 0.2) is 0 Å². The molecular formula is C16H20O. The van der Waals surface area contributed by atoms with Gasteiger partial charge in [0.1, 0.15) is 5.75 Å². The van der Waals surface area contributed by atoms with Crippen LogP contribution in [-0.4, -0.2) is 5.11 Å². The van der Waals surface area contributed by atoms with Crippen molar-refractivity contribution in [1.82, 2.24) is 0 Å². The van der Waals surface area contributed by atoms with Gasteiger partial charge in [0.05, 0.1) is 0 Å². The average Bonchev–Trinajstić information content (AvgIpc) is 2.29. The average molecular weight is 228 g/mol. The summed E-state index contributed by atoms with van der Waals surface area (Å²) < 4.78 is 0. The van der Waals surface area contributed by atoms with Crippen molar-refractivity contribution in [1.29, 1.82) is 0 Å². The molecule has 1 nitrogen and oxygen atoms in total. The second-order valence-electron chi connectivity index (χ2n) is 5.31. The van der Waals surface area contributed by atoms with E-state index in [1.165, 1.54) is 0 Å². The van der Waals surface area contributed by atoms with Gasteiger partial charge in [0.2, 0.25) is 0 Å². The smallest absolute Gasteiger partial charge is 0.123 e. The Bertz CT molecular complexity index is 468. The number of para-hydroxylation sites is 1. The van der Waals surface area contributed by atoms with Crippen molar-refractivity contribution in [2.24, 2.45) is 0 Å². The lowest BCUT2D eigenvalue weighted by Crippen LogP contribution is -2.20. The molecular weight excluding hydrogens is 208 g/mol. The van der Waals surface area contributed by atoms with Crippen molar-refractivity contribution < 1.29 is 5.11 Å². The topological polar surface area (TPSA) is 20.2 Å². The van der Waals surface area contributed by atoms with E-state index in [-0.39, 0.29) is 5.41 Å². The van der Waals surface area contributed by atoms with Gasteiger partial charge in [-0.3, -0.25) is 0 Å². The van der Waals surface area contributed by atoms with Crippen molar-refractivity contribution in [3.63, 3.8) is 0 Å². The first kappa shape index (κ1) is 12.0. The van der Waals surface area contributed by atoms with Crippen LogP contribution in [0.4, 0.5) is 0 Å². The number of benzene rings is 1. The summed E-state index contributed by atoms with van der Waals surface area (Å²) in [6, 6.07) is 6.09. The second kappa shape index (κ2) is 4.40. The number of hydrogen-bond donors (Lipinski definition) is 1. The van der Waals surface area contributed by atoms with Crippen molar-refractivity contribution in [3.8, 4) is 5.75 Å². The van der Waals surface area contributed by atoms with Crippen LogP contribution in [0, 0.1) is 0 Å². The molecule has 0 saturated carbocycles. The van der Waals surface area contributed by atoms with E-state index in [2.05, 4.69) is 45.1 Å². The molecule has 0 aromatic heterocycles. The zero-order chi connectivity index (χ0) is 12.5. The highest BCUT2D eigenvalue weighted by Gasteiger charge is 2.27. The molecule has 1 atom stereocenters. The quantitative estimate of drug-likeness (QED) is 0.800. The molecule has 1 unspecified atom stereocenters. The molecule has 1 heteroatoms. The molecule has 0 fully saturated rings. The molecule has 1 aliphatic rings. The Morgan fingerprint density at radius 2 is 2.00 bits per heavy atom. The molecule has 1 aromatic rings. The molecule has 0 saturated heterocycles. The van der Waals surface area contributed by atoms with E-state index >= 15 is 0 Å². The predicted molar refractivity (Wildman–Crippen MR) is 72.4 cm³/mol. The third kappa shape index (κ3) is 2.14. The Balaban J connectivity index is 2.49. The maximum absolute atomic E-state index is 10.4. The Hall–Kier alpha value is -1.50. The molecule has 2 rings (SSSR count). The summed E-state index contributed by atoms with van der Waals surface area (Å²) in [6.07, 6.45) is 9.39. The van der Waals surface area contributed by atoms with Crippen molar-refractivity contribution >= 4 is 0 Å². The predicted octanol–water partition coefficient (Wildman–Crippen LogP) is 4.29. The van der Waals surface area contributed by atoms with Gasteiger partial charge in [-0.25, -0.2) is 0 Å². The van der Waals surface area contributed by atoms with Gasteiger partial charge in [-0.05, 0) is 17.9 Å². The molecule has 0 spiro atoms. The summed E-state index contributed by atoms with van der Waals surface area (Å²) in [6.45, 7) is 6.39. The molecule has 17 heavy (non-hydrogen) atoms. The highest BCUT2D eigenvalue weighted by atomic mass is 16.3. The fraction of sp³-hybridized carbons (Fsp3) is 0.375. The zero-order valence-corrected chi connectivity index (χ0v) is 10.8. The summed E-state index contributed by atoms with van der Waals surface area (Å²) in [4.78, 5) is 0. The van der Waals surface area contributed by atoms with Gasteiger partial charge in [-0.2, -0.15) is 0 Å². The van der Waals surface area contributed by atoms with Gasteiger partial charge in [-0.1, -0.05) is 63.3 Å². The molecule has 1 aliphatic carbocycles. The van der Waals surface area contributed by atoms with Crippen LogP contribution in [0.2, 0.25) is 0 Å². The maximum Gasteiger partial charge on any atom is 0.123 e. The minimum absolute atomic E-state index is 0.0796. The molecule has 0 heterocycles. The number of phenolic OH excluding ortho intramolecular Hbond substituents is 1. The minimum atomic E-state index is -0.0796. The van der Waals surface area contributed by atoms with Crippen LogP contribution in [0.3, 0.4) is 0 Å². The summed E-state index contributed by atoms with van der Waals surface area (Å²) >= 11 is 0. The Labute approximate surface area is 103 Å². The standard InChI is InChI=1S/C16H20O/c1-12(2)13-8-7-9-14(15(13)17)16(3)10-5-4-6-11-16/h4-10,12,17H,11H2,1-3H3. The highest BCUT2D eigenvalue weighted by Crippen LogP contribution is 2.40. The van der Waals surface area contributed by atoms with Crippen LogP contribution in [0.1, 0.15) is 44.2 Å². The molecule has 0 amide bonds. The second-order valence-corrected chi connectivity index (χ2v) is 5.31. The van der Waals surface area contributed by atoms with Crippen LogP contribution >= 0.6 is 0 Å². The number of aromatic hydroxyl groups is 1. The van der Waals surface area contributed by atoms with Crippen LogP contribution < -0.4 is 0 Å². The minimum Gasteiger partial charge on any atom is -0.507 e. The lowest BCUT2D eigenvalue weighted by atomic mass is 9.76. The summed E-state index contributed by atoms with van der Waals surface area (Å²) in [5.74, 6) is 0.812. The van der Waals surface area contributed by atoms with E-state index in [0.29, 0.717) is 11.7 Å². The maximum atomic E-state index is 10.4. The van der Waals surface area contributed by atoms with Crippen molar-refractivity contribution in [2.75, 3.05) is 0 Å². The van der Waals surface area contributed by atoms with Crippen LogP contribution in [0.25, 0.3) is 0 Å². The van der Waals surface area contributed by atoms with E-state index in [1.54, 1.807) is 0 Å². The van der Waals surface area contributed by atoms with E-state index in [4.69, 9.17) is 0 Å². The van der Waals surface area contributed by atoms with Crippen LogP contribution in [0.15, 0.2) is 42.5 Å². The third-order valence-corrected chi connectivity index (χ3v) is 3.56. The van der Waals surface area contributed by atoms with Gasteiger partial charge in [-0.15, -0.1) is 0 Å². The molecule has 0 radical (unpaired) electrons. The van der Waals surface area contributed by atoms with E-state index in [0.717, 1.165) is 17.5 Å². The van der Waals surface area contributed by atoms with Crippen molar-refractivity contribution in [2.45, 2.75) is 38.5 Å². The number of allylic oxidation sites excluding steroid dienone is 4. The summed E-state index contributed by atoms with van der Waals surface area (Å²) in [5.41, 5.74) is 1.99. The fourth-order valence-electron chi connectivity index (χ4n) is 2.42. The largest absolute Gasteiger partial charge is 0.507 e. The Morgan fingerprint density at radius 1 is 1.24 bits per heavy atom. The normalized spacial score (nSPS) is 23.3. The van der Waals surface area contributed by atoms with Crippen LogP contribution in [-0.2, 0) is 5.41 Å². The summed E-state index contributed by atoms with van der Waals surface area (Å²) in [7, 11) is 0. The molecule has 0 bridgehead atoms. The van der Waals surface area contributed by atoms with Gasteiger partial charge >= 0.3 is 0 Å². The third-order valence-electron chi connectivity index (χ3n) is 3.56. The first-order valence-electron chi connectivity index (χ1n) is 6.21. The SMILES string of the molecule is CC(C)c1cccc(C2(C)C=CC=CC2)c1O. The number of hydrogen-bond acceptors (Lipinski definition) is 1. The van der Waals surface area contributed by atoms with Crippen LogP contribution in [0.5, 0.6) is 5.75 Å². The van der Waals surface area contributed by atoms with E-state index in [1.807, 2.05) is 18.2 Å². The molecule has 90 valence electrons. The molecule has 1 aromatic carbocycles. The number of phenols is 1.